The zero-order chi connectivity index (χ0) is 12.3. The average molecular weight is 326 g/mol. The van der Waals surface area contributed by atoms with E-state index >= 15 is 0 Å². The van der Waals surface area contributed by atoms with Gasteiger partial charge in [-0.25, -0.2) is 0 Å². The highest BCUT2D eigenvalue weighted by Crippen LogP contribution is 2.58. The van der Waals surface area contributed by atoms with Crippen LogP contribution in [0.2, 0.25) is 0 Å². The summed E-state index contributed by atoms with van der Waals surface area (Å²) in [6, 6.07) is 4.48. The van der Waals surface area contributed by atoms with Gasteiger partial charge in [-0.3, -0.25) is 0 Å². The van der Waals surface area contributed by atoms with E-state index in [0.29, 0.717) is 5.54 Å². The number of halogens is 1. The molecular weight excluding hydrogens is 306 g/mol. The van der Waals surface area contributed by atoms with Gasteiger partial charge in [-0.1, -0.05) is 0 Å². The van der Waals surface area contributed by atoms with Crippen LogP contribution in [0.4, 0.5) is 5.00 Å². The Kier molecular flexibility index (Phi) is 2.61. The highest BCUT2D eigenvalue weighted by molar-refractivity contribution is 9.11. The second-order valence-electron chi connectivity index (χ2n) is 6.78. The van der Waals surface area contributed by atoms with Crippen LogP contribution in [0.5, 0.6) is 0 Å². The van der Waals surface area contributed by atoms with E-state index in [1.54, 1.807) is 0 Å². The van der Waals surface area contributed by atoms with Crippen LogP contribution >= 0.6 is 27.3 Å². The fourth-order valence-corrected chi connectivity index (χ4v) is 6.63. The van der Waals surface area contributed by atoms with E-state index in [-0.39, 0.29) is 0 Å². The summed E-state index contributed by atoms with van der Waals surface area (Å²) in [7, 11) is 2.34. The van der Waals surface area contributed by atoms with Crippen molar-refractivity contribution in [3.05, 3.63) is 15.9 Å². The third kappa shape index (κ3) is 1.70. The largest absolute Gasteiger partial charge is 0.361 e. The van der Waals surface area contributed by atoms with Gasteiger partial charge in [0.25, 0.3) is 0 Å². The van der Waals surface area contributed by atoms with E-state index in [0.717, 1.165) is 17.8 Å². The lowest BCUT2D eigenvalue weighted by molar-refractivity contribution is -0.00175. The van der Waals surface area contributed by atoms with Crippen molar-refractivity contribution >= 4 is 32.3 Å². The van der Waals surface area contributed by atoms with Crippen LogP contribution in [-0.2, 0) is 0 Å². The van der Waals surface area contributed by atoms with E-state index in [9.17, 15) is 0 Å². The predicted octanol–water partition coefficient (Wildman–Crippen LogP) is 4.92. The van der Waals surface area contributed by atoms with Gasteiger partial charge in [-0.05, 0) is 84.3 Å². The summed E-state index contributed by atoms with van der Waals surface area (Å²) < 4.78 is 1.26. The zero-order valence-corrected chi connectivity index (χ0v) is 13.3. The van der Waals surface area contributed by atoms with Gasteiger partial charge < -0.3 is 4.90 Å². The van der Waals surface area contributed by atoms with Gasteiger partial charge in [-0.2, -0.15) is 0 Å². The first kappa shape index (κ1) is 11.8. The van der Waals surface area contributed by atoms with Crippen molar-refractivity contribution in [2.75, 3.05) is 11.9 Å². The third-order valence-electron chi connectivity index (χ3n) is 5.61. The Bertz CT molecular complexity index is 432. The minimum atomic E-state index is 0.499. The van der Waals surface area contributed by atoms with Crippen LogP contribution in [-0.4, -0.2) is 12.6 Å². The van der Waals surface area contributed by atoms with Crippen molar-refractivity contribution in [3.8, 4) is 0 Å². The molecule has 1 nitrogen and oxygen atoms in total. The smallest absolute Gasteiger partial charge is 0.0922 e. The van der Waals surface area contributed by atoms with Crippen LogP contribution in [0.1, 0.15) is 38.5 Å². The maximum atomic E-state index is 3.60. The van der Waals surface area contributed by atoms with Crippen molar-refractivity contribution in [3.63, 3.8) is 0 Å². The molecule has 0 N–H and O–H groups in total. The third-order valence-corrected chi connectivity index (χ3v) is 7.31. The molecule has 0 atom stereocenters. The zero-order valence-electron chi connectivity index (χ0n) is 10.9. The van der Waals surface area contributed by atoms with Gasteiger partial charge >= 0.3 is 0 Å². The van der Waals surface area contributed by atoms with Gasteiger partial charge in [0.1, 0.15) is 0 Å². The Balaban J connectivity index is 1.67. The minimum absolute atomic E-state index is 0.499. The van der Waals surface area contributed by atoms with Crippen LogP contribution in [0.3, 0.4) is 0 Å². The molecule has 18 heavy (non-hydrogen) atoms. The fraction of sp³-hybridized carbons (Fsp3) is 0.733. The summed E-state index contributed by atoms with van der Waals surface area (Å²) in [6.45, 7) is 0. The quantitative estimate of drug-likeness (QED) is 0.746. The molecule has 0 amide bonds. The molecule has 4 aliphatic carbocycles. The number of rotatable bonds is 2. The van der Waals surface area contributed by atoms with E-state index in [2.05, 4.69) is 40.0 Å². The molecule has 4 fully saturated rings. The SMILES string of the molecule is CN(c1ccc(Br)s1)C12CC3CC(CC(C3)C1)C2. The number of nitrogens with zero attached hydrogens (tertiary/aromatic N) is 1. The number of hydrogen-bond acceptors (Lipinski definition) is 2. The molecule has 3 heteroatoms. The van der Waals surface area contributed by atoms with Crippen molar-refractivity contribution < 1.29 is 0 Å². The Morgan fingerprint density at radius 1 is 1.11 bits per heavy atom. The van der Waals surface area contributed by atoms with Crippen LogP contribution in [0, 0.1) is 17.8 Å². The molecule has 1 aromatic heterocycles. The molecule has 1 heterocycles. The van der Waals surface area contributed by atoms with Crippen molar-refractivity contribution in [2.45, 2.75) is 44.1 Å². The summed E-state index contributed by atoms with van der Waals surface area (Å²) in [5, 5.41) is 1.45. The lowest BCUT2D eigenvalue weighted by atomic mass is 9.52. The van der Waals surface area contributed by atoms with Gasteiger partial charge in [0, 0.05) is 12.6 Å². The summed E-state index contributed by atoms with van der Waals surface area (Å²) in [5.41, 5.74) is 0.499. The maximum absolute atomic E-state index is 3.60. The van der Waals surface area contributed by atoms with E-state index < -0.39 is 0 Å². The number of thiophene rings is 1. The van der Waals surface area contributed by atoms with Gasteiger partial charge in [0.2, 0.25) is 0 Å². The van der Waals surface area contributed by atoms with Crippen molar-refractivity contribution in [1.82, 2.24) is 0 Å². The topological polar surface area (TPSA) is 3.24 Å². The maximum Gasteiger partial charge on any atom is 0.0922 e. The predicted molar refractivity (Wildman–Crippen MR) is 81.3 cm³/mol. The molecule has 0 radical (unpaired) electrons. The molecule has 0 spiro atoms. The van der Waals surface area contributed by atoms with Gasteiger partial charge in [-0.15, -0.1) is 11.3 Å². The highest BCUT2D eigenvalue weighted by atomic mass is 79.9. The van der Waals surface area contributed by atoms with Crippen molar-refractivity contribution in [2.24, 2.45) is 17.8 Å². The monoisotopic (exact) mass is 325 g/mol. The normalized spacial score (nSPS) is 41.3. The van der Waals surface area contributed by atoms with Crippen LogP contribution < -0.4 is 4.90 Å². The van der Waals surface area contributed by atoms with Gasteiger partial charge in [0.05, 0.1) is 8.79 Å². The van der Waals surface area contributed by atoms with Gasteiger partial charge in [0.15, 0.2) is 0 Å². The first-order valence-corrected chi connectivity index (χ1v) is 8.75. The Hall–Kier alpha value is -0.0200. The van der Waals surface area contributed by atoms with Crippen LogP contribution in [0.15, 0.2) is 15.9 Å². The second kappa shape index (κ2) is 3.99. The summed E-state index contributed by atoms with van der Waals surface area (Å²) in [6.07, 6.45) is 8.94. The molecule has 98 valence electrons. The molecular formula is C15H20BrNS. The molecule has 4 aliphatic rings. The standard InChI is InChI=1S/C15H20BrNS/c1-17(14-3-2-13(16)18-14)15-7-10-4-11(8-15)6-12(5-10)9-15/h2-3,10-12H,4-9H2,1H3. The molecule has 4 bridgehead atoms. The molecule has 0 aliphatic heterocycles. The average Bonchev–Trinajstić information content (AvgIpc) is 2.73. The Labute approximate surface area is 122 Å². The first-order chi connectivity index (χ1) is 8.64. The highest BCUT2D eigenvalue weighted by Gasteiger charge is 2.52. The molecule has 4 saturated carbocycles. The minimum Gasteiger partial charge on any atom is -0.361 e. The Morgan fingerprint density at radius 2 is 1.67 bits per heavy atom. The molecule has 0 unspecified atom stereocenters. The summed E-state index contributed by atoms with van der Waals surface area (Å²) in [5.74, 6) is 3.09. The molecule has 0 saturated heterocycles. The number of anilines is 1. The summed E-state index contributed by atoms with van der Waals surface area (Å²) in [4.78, 5) is 2.63. The number of hydrogen-bond donors (Lipinski definition) is 0. The lowest BCUT2D eigenvalue weighted by Crippen LogP contribution is -2.59. The first-order valence-electron chi connectivity index (χ1n) is 7.14. The molecule has 0 aromatic carbocycles. The van der Waals surface area contributed by atoms with Crippen molar-refractivity contribution in [1.29, 1.82) is 0 Å². The van der Waals surface area contributed by atoms with E-state index in [1.165, 1.54) is 47.3 Å². The molecule has 1 aromatic rings. The Morgan fingerprint density at radius 3 is 2.11 bits per heavy atom. The fourth-order valence-electron chi connectivity index (χ4n) is 5.19. The van der Waals surface area contributed by atoms with E-state index in [4.69, 9.17) is 0 Å². The second-order valence-corrected chi connectivity index (χ2v) is 9.22. The lowest BCUT2D eigenvalue weighted by Gasteiger charge is -2.60. The van der Waals surface area contributed by atoms with E-state index in [1.807, 2.05) is 11.3 Å². The molecule has 5 rings (SSSR count). The van der Waals surface area contributed by atoms with Crippen LogP contribution in [0.25, 0.3) is 0 Å². The summed E-state index contributed by atoms with van der Waals surface area (Å²) >= 11 is 5.49.